The van der Waals surface area contributed by atoms with Crippen LogP contribution in [0.1, 0.15) is 45.3 Å². The van der Waals surface area contributed by atoms with Crippen molar-refractivity contribution in [2.75, 3.05) is 11.9 Å². The van der Waals surface area contributed by atoms with Crippen LogP contribution in [0.4, 0.5) is 5.69 Å². The first-order valence-corrected chi connectivity index (χ1v) is 8.99. The molecule has 2 aromatic rings. The molecule has 2 rings (SSSR count). The average Bonchev–Trinajstić information content (AvgIpc) is 3.00. The number of halogens is 1. The summed E-state index contributed by atoms with van der Waals surface area (Å²) in [6, 6.07) is 3.92. The zero-order valence-electron chi connectivity index (χ0n) is 14.6. The number of pyridine rings is 1. The third kappa shape index (κ3) is 5.74. The predicted octanol–water partition coefficient (Wildman–Crippen LogP) is 4.76. The largest absolute Gasteiger partial charge is 0.384 e. The van der Waals surface area contributed by atoms with Gasteiger partial charge in [0.2, 0.25) is 5.89 Å². The molecular formula is C18H25BrN4O. The zero-order chi connectivity index (χ0) is 17.6. The number of aromatic nitrogens is 3. The van der Waals surface area contributed by atoms with Gasteiger partial charge in [-0.05, 0) is 46.8 Å². The predicted molar refractivity (Wildman–Crippen MR) is 100 cm³/mol. The fourth-order valence-corrected chi connectivity index (χ4v) is 2.61. The summed E-state index contributed by atoms with van der Waals surface area (Å²) in [5, 5.41) is 7.49. The van der Waals surface area contributed by atoms with Crippen LogP contribution in [-0.2, 0) is 11.8 Å². The smallest absolute Gasteiger partial charge is 0.232 e. The van der Waals surface area contributed by atoms with E-state index >= 15 is 0 Å². The highest BCUT2D eigenvalue weighted by atomic mass is 79.9. The lowest BCUT2D eigenvalue weighted by Gasteiger charge is -2.14. The second-order valence-electron chi connectivity index (χ2n) is 6.90. The number of aryl methyl sites for hydroxylation is 1. The molecule has 0 amide bonds. The molecule has 0 aromatic carbocycles. The topological polar surface area (TPSA) is 63.8 Å². The molecule has 0 aliphatic carbocycles. The lowest BCUT2D eigenvalue weighted by Crippen LogP contribution is -2.13. The molecule has 0 fully saturated rings. The molecule has 130 valence electrons. The summed E-state index contributed by atoms with van der Waals surface area (Å²) in [6.45, 7) is 11.0. The summed E-state index contributed by atoms with van der Waals surface area (Å²) in [6.07, 6.45) is 6.63. The lowest BCUT2D eigenvalue weighted by atomic mass is 9.97. The lowest BCUT2D eigenvalue weighted by molar-refractivity contribution is 0.318. The highest BCUT2D eigenvalue weighted by Crippen LogP contribution is 2.20. The van der Waals surface area contributed by atoms with Gasteiger partial charge in [0.25, 0.3) is 0 Å². The Balaban J connectivity index is 1.77. The Kier molecular flexibility index (Phi) is 6.54. The molecule has 2 aromatic heterocycles. The van der Waals surface area contributed by atoms with Gasteiger partial charge in [0.15, 0.2) is 5.82 Å². The molecule has 0 saturated heterocycles. The van der Waals surface area contributed by atoms with Crippen LogP contribution in [-0.4, -0.2) is 21.7 Å². The Bertz CT molecular complexity index is 663. The second kappa shape index (κ2) is 8.42. The molecule has 0 saturated carbocycles. The molecule has 0 aliphatic heterocycles. The van der Waals surface area contributed by atoms with Gasteiger partial charge in [0, 0.05) is 30.3 Å². The van der Waals surface area contributed by atoms with Gasteiger partial charge >= 0.3 is 0 Å². The van der Waals surface area contributed by atoms with Crippen LogP contribution in [0.15, 0.2) is 40.1 Å². The standard InChI is InChI=1S/C18H25BrN4O/c1-5-13(12-21-14-9-10-20-15(19)11-14)7-6-8-16-22-17(24-23-16)18(2,3)4/h5,9-11,13H,1,6-8,12H2,2-4H3,(H,20,21). The quantitative estimate of drug-likeness (QED) is 0.517. The van der Waals surface area contributed by atoms with E-state index in [1.165, 1.54) is 0 Å². The van der Waals surface area contributed by atoms with Crippen LogP contribution < -0.4 is 5.32 Å². The van der Waals surface area contributed by atoms with Crippen LogP contribution in [0, 0.1) is 5.92 Å². The minimum Gasteiger partial charge on any atom is -0.384 e. The number of hydrogen-bond donors (Lipinski definition) is 1. The number of nitrogens with one attached hydrogen (secondary N) is 1. The summed E-state index contributed by atoms with van der Waals surface area (Å²) in [4.78, 5) is 8.60. The van der Waals surface area contributed by atoms with E-state index in [4.69, 9.17) is 4.52 Å². The zero-order valence-corrected chi connectivity index (χ0v) is 16.1. The first-order chi connectivity index (χ1) is 11.4. The Hall–Kier alpha value is -1.69. The highest BCUT2D eigenvalue weighted by molar-refractivity contribution is 9.10. The molecule has 0 bridgehead atoms. The van der Waals surface area contributed by atoms with E-state index in [2.05, 4.69) is 63.7 Å². The molecule has 24 heavy (non-hydrogen) atoms. The molecule has 1 unspecified atom stereocenters. The third-order valence-corrected chi connectivity index (χ3v) is 4.15. The molecule has 6 heteroatoms. The third-order valence-electron chi connectivity index (χ3n) is 3.71. The van der Waals surface area contributed by atoms with Crippen LogP contribution in [0.3, 0.4) is 0 Å². The monoisotopic (exact) mass is 392 g/mol. The van der Waals surface area contributed by atoms with Gasteiger partial charge in [-0.3, -0.25) is 0 Å². The second-order valence-corrected chi connectivity index (χ2v) is 7.71. The van der Waals surface area contributed by atoms with E-state index in [1.54, 1.807) is 6.20 Å². The summed E-state index contributed by atoms with van der Waals surface area (Å²) in [5.74, 6) is 1.88. The first kappa shape index (κ1) is 18.6. The molecular weight excluding hydrogens is 368 g/mol. The molecule has 5 nitrogen and oxygen atoms in total. The van der Waals surface area contributed by atoms with Gasteiger partial charge in [-0.2, -0.15) is 4.98 Å². The van der Waals surface area contributed by atoms with E-state index in [-0.39, 0.29) is 5.41 Å². The van der Waals surface area contributed by atoms with Gasteiger partial charge in [-0.25, -0.2) is 4.98 Å². The maximum absolute atomic E-state index is 5.33. The van der Waals surface area contributed by atoms with Crippen LogP contribution in [0.5, 0.6) is 0 Å². The van der Waals surface area contributed by atoms with Crippen molar-refractivity contribution >= 4 is 21.6 Å². The maximum Gasteiger partial charge on any atom is 0.232 e. The van der Waals surface area contributed by atoms with Crippen molar-refractivity contribution in [2.45, 2.75) is 45.4 Å². The summed E-state index contributed by atoms with van der Waals surface area (Å²) in [7, 11) is 0. The van der Waals surface area contributed by atoms with E-state index in [1.807, 2.05) is 18.2 Å². The van der Waals surface area contributed by atoms with Crippen molar-refractivity contribution in [1.29, 1.82) is 0 Å². The van der Waals surface area contributed by atoms with Gasteiger partial charge < -0.3 is 9.84 Å². The van der Waals surface area contributed by atoms with Gasteiger partial charge in [0.05, 0.1) is 0 Å². The van der Waals surface area contributed by atoms with E-state index < -0.39 is 0 Å². The number of nitrogens with zero attached hydrogens (tertiary/aromatic N) is 3. The number of hydrogen-bond acceptors (Lipinski definition) is 5. The Labute approximate surface area is 152 Å². The summed E-state index contributed by atoms with van der Waals surface area (Å²) >= 11 is 3.38. The molecule has 2 heterocycles. The number of anilines is 1. The van der Waals surface area contributed by atoms with Crippen molar-refractivity contribution in [3.05, 3.63) is 47.3 Å². The van der Waals surface area contributed by atoms with Gasteiger partial charge in [-0.1, -0.05) is 32.0 Å². The van der Waals surface area contributed by atoms with Crippen molar-refractivity contribution < 1.29 is 4.52 Å². The van der Waals surface area contributed by atoms with Crippen molar-refractivity contribution in [3.63, 3.8) is 0 Å². The number of rotatable bonds is 8. The summed E-state index contributed by atoms with van der Waals surface area (Å²) < 4.78 is 6.15. The Morgan fingerprint density at radius 2 is 2.21 bits per heavy atom. The van der Waals surface area contributed by atoms with E-state index in [0.29, 0.717) is 11.8 Å². The van der Waals surface area contributed by atoms with Crippen LogP contribution in [0.2, 0.25) is 0 Å². The fourth-order valence-electron chi connectivity index (χ4n) is 2.25. The summed E-state index contributed by atoms with van der Waals surface area (Å²) in [5.41, 5.74) is 0.953. The maximum atomic E-state index is 5.33. The SMILES string of the molecule is C=CC(CCCc1noc(C(C)(C)C)n1)CNc1ccnc(Br)c1. The van der Waals surface area contributed by atoms with Crippen molar-refractivity contribution in [3.8, 4) is 0 Å². The van der Waals surface area contributed by atoms with E-state index in [9.17, 15) is 0 Å². The molecule has 1 N–H and O–H groups in total. The molecule has 0 radical (unpaired) electrons. The molecule has 0 aliphatic rings. The van der Waals surface area contributed by atoms with Gasteiger partial charge in [-0.15, -0.1) is 6.58 Å². The fraction of sp³-hybridized carbons (Fsp3) is 0.500. The molecule has 0 spiro atoms. The minimum absolute atomic E-state index is 0.0996. The minimum atomic E-state index is -0.0996. The van der Waals surface area contributed by atoms with Crippen molar-refractivity contribution in [1.82, 2.24) is 15.1 Å². The molecule has 1 atom stereocenters. The Morgan fingerprint density at radius 3 is 2.83 bits per heavy atom. The average molecular weight is 393 g/mol. The van der Waals surface area contributed by atoms with E-state index in [0.717, 1.165) is 41.9 Å². The first-order valence-electron chi connectivity index (χ1n) is 8.19. The van der Waals surface area contributed by atoms with Crippen LogP contribution in [0.25, 0.3) is 0 Å². The highest BCUT2D eigenvalue weighted by Gasteiger charge is 2.21. The van der Waals surface area contributed by atoms with Crippen LogP contribution >= 0.6 is 15.9 Å². The van der Waals surface area contributed by atoms with Crippen molar-refractivity contribution in [2.24, 2.45) is 5.92 Å². The Morgan fingerprint density at radius 1 is 1.42 bits per heavy atom. The normalized spacial score (nSPS) is 12.8. The van der Waals surface area contributed by atoms with Gasteiger partial charge in [0.1, 0.15) is 4.60 Å².